The van der Waals surface area contributed by atoms with Crippen molar-refractivity contribution in [2.75, 3.05) is 5.32 Å². The van der Waals surface area contributed by atoms with Crippen molar-refractivity contribution in [3.05, 3.63) is 23.9 Å². The van der Waals surface area contributed by atoms with E-state index >= 15 is 0 Å². The fourth-order valence-corrected chi connectivity index (χ4v) is 2.21. The van der Waals surface area contributed by atoms with Crippen LogP contribution in [0.4, 0.5) is 5.82 Å². The van der Waals surface area contributed by atoms with Gasteiger partial charge in [0.1, 0.15) is 11.5 Å². The van der Waals surface area contributed by atoms with Crippen molar-refractivity contribution in [2.45, 2.75) is 39.0 Å². The number of fused-ring (bicyclic) bond motifs is 1. The first kappa shape index (κ1) is 12.2. The molecule has 1 amide bonds. The molecule has 0 unspecified atom stereocenters. The predicted octanol–water partition coefficient (Wildman–Crippen LogP) is 3.21. The standard InChI is InChI=1S/C15H19N3O/c1-15(2,3)11-8-10-6-7-16-12(10)17-13(11)18-14(19)9-4-5-9/h6-9H,4-5H2,1-3H3,(H2,16,17,18,19). The number of nitrogens with one attached hydrogen (secondary N) is 2. The average Bonchev–Trinajstić information content (AvgIpc) is 3.07. The maximum absolute atomic E-state index is 12.0. The lowest BCUT2D eigenvalue weighted by Gasteiger charge is -2.22. The summed E-state index contributed by atoms with van der Waals surface area (Å²) in [5.41, 5.74) is 1.85. The number of anilines is 1. The maximum Gasteiger partial charge on any atom is 0.228 e. The maximum atomic E-state index is 12.0. The number of nitrogens with zero attached hydrogens (tertiary/aromatic N) is 1. The molecule has 4 nitrogen and oxygen atoms in total. The molecule has 1 saturated carbocycles. The molecule has 2 N–H and O–H groups in total. The molecule has 0 saturated heterocycles. The minimum absolute atomic E-state index is 0.0510. The van der Waals surface area contributed by atoms with Crippen molar-refractivity contribution < 1.29 is 4.79 Å². The number of hydrogen-bond acceptors (Lipinski definition) is 2. The zero-order chi connectivity index (χ0) is 13.6. The molecule has 100 valence electrons. The van der Waals surface area contributed by atoms with E-state index in [1.165, 1.54) is 0 Å². The Morgan fingerprint density at radius 3 is 2.79 bits per heavy atom. The van der Waals surface area contributed by atoms with Gasteiger partial charge in [0, 0.05) is 23.1 Å². The summed E-state index contributed by atoms with van der Waals surface area (Å²) < 4.78 is 0. The first-order valence-corrected chi connectivity index (χ1v) is 6.74. The van der Waals surface area contributed by atoms with Crippen LogP contribution in [0.15, 0.2) is 18.3 Å². The Balaban J connectivity index is 2.05. The van der Waals surface area contributed by atoms with Crippen LogP contribution < -0.4 is 5.32 Å². The number of aromatic amines is 1. The third-order valence-corrected chi connectivity index (χ3v) is 3.53. The molecule has 0 bridgehead atoms. The molecule has 0 aliphatic heterocycles. The van der Waals surface area contributed by atoms with Crippen LogP contribution in [0.25, 0.3) is 11.0 Å². The number of H-pyrrole nitrogens is 1. The van der Waals surface area contributed by atoms with E-state index in [-0.39, 0.29) is 17.2 Å². The first-order valence-electron chi connectivity index (χ1n) is 6.74. The minimum atomic E-state index is -0.0510. The summed E-state index contributed by atoms with van der Waals surface area (Å²) in [6.45, 7) is 6.40. The van der Waals surface area contributed by atoms with Crippen LogP contribution in [0.5, 0.6) is 0 Å². The third kappa shape index (κ3) is 2.35. The number of hydrogen-bond donors (Lipinski definition) is 2. The molecule has 19 heavy (non-hydrogen) atoms. The lowest BCUT2D eigenvalue weighted by Crippen LogP contribution is -2.20. The van der Waals surface area contributed by atoms with Crippen molar-refractivity contribution in [3.8, 4) is 0 Å². The van der Waals surface area contributed by atoms with Crippen molar-refractivity contribution in [1.29, 1.82) is 0 Å². The van der Waals surface area contributed by atoms with Crippen molar-refractivity contribution >= 4 is 22.8 Å². The highest BCUT2D eigenvalue weighted by atomic mass is 16.2. The lowest BCUT2D eigenvalue weighted by atomic mass is 9.87. The molecule has 0 atom stereocenters. The van der Waals surface area contributed by atoms with Gasteiger partial charge in [-0.05, 0) is 30.4 Å². The van der Waals surface area contributed by atoms with Crippen LogP contribution >= 0.6 is 0 Å². The number of carbonyl (C=O) groups is 1. The van der Waals surface area contributed by atoms with E-state index < -0.39 is 0 Å². The van der Waals surface area contributed by atoms with Gasteiger partial charge in [0.05, 0.1) is 0 Å². The Hall–Kier alpha value is -1.84. The summed E-state index contributed by atoms with van der Waals surface area (Å²) in [7, 11) is 0. The van der Waals surface area contributed by atoms with Gasteiger partial charge in [-0.1, -0.05) is 20.8 Å². The molecule has 0 radical (unpaired) electrons. The molecule has 2 aromatic heterocycles. The fourth-order valence-electron chi connectivity index (χ4n) is 2.21. The van der Waals surface area contributed by atoms with Gasteiger partial charge in [-0.25, -0.2) is 4.98 Å². The Bertz CT molecular complexity index is 632. The molecular formula is C15H19N3O. The Morgan fingerprint density at radius 1 is 1.42 bits per heavy atom. The average molecular weight is 257 g/mol. The van der Waals surface area contributed by atoms with Gasteiger partial charge in [0.2, 0.25) is 5.91 Å². The van der Waals surface area contributed by atoms with Crippen LogP contribution in [0.3, 0.4) is 0 Å². The van der Waals surface area contributed by atoms with E-state index in [1.54, 1.807) is 0 Å². The summed E-state index contributed by atoms with van der Waals surface area (Å²) in [5, 5.41) is 4.07. The largest absolute Gasteiger partial charge is 0.346 e. The summed E-state index contributed by atoms with van der Waals surface area (Å²) >= 11 is 0. The first-order chi connectivity index (χ1) is 8.95. The van der Waals surface area contributed by atoms with Gasteiger partial charge in [0.15, 0.2) is 0 Å². The smallest absolute Gasteiger partial charge is 0.228 e. The van der Waals surface area contributed by atoms with Crippen LogP contribution in [0.1, 0.15) is 39.2 Å². The van der Waals surface area contributed by atoms with Crippen molar-refractivity contribution in [1.82, 2.24) is 9.97 Å². The van der Waals surface area contributed by atoms with Gasteiger partial charge in [-0.15, -0.1) is 0 Å². The highest BCUT2D eigenvalue weighted by molar-refractivity contribution is 5.95. The highest BCUT2D eigenvalue weighted by Gasteiger charge is 2.31. The zero-order valence-corrected chi connectivity index (χ0v) is 11.6. The van der Waals surface area contributed by atoms with E-state index in [1.807, 2.05) is 12.3 Å². The summed E-state index contributed by atoms with van der Waals surface area (Å²) in [4.78, 5) is 19.6. The van der Waals surface area contributed by atoms with Gasteiger partial charge in [-0.3, -0.25) is 4.79 Å². The van der Waals surface area contributed by atoms with Crippen molar-refractivity contribution in [3.63, 3.8) is 0 Å². The summed E-state index contributed by atoms with van der Waals surface area (Å²) in [6, 6.07) is 4.12. The topological polar surface area (TPSA) is 57.8 Å². The summed E-state index contributed by atoms with van der Waals surface area (Å²) in [6.07, 6.45) is 3.87. The minimum Gasteiger partial charge on any atom is -0.346 e. The SMILES string of the molecule is CC(C)(C)c1cc2cc[nH]c2nc1NC(=O)C1CC1. The molecule has 1 aliphatic rings. The van der Waals surface area contributed by atoms with Gasteiger partial charge in [0.25, 0.3) is 0 Å². The Labute approximate surface area is 112 Å². The quantitative estimate of drug-likeness (QED) is 0.868. The van der Waals surface area contributed by atoms with Gasteiger partial charge >= 0.3 is 0 Å². The van der Waals surface area contributed by atoms with E-state index in [0.717, 1.165) is 29.4 Å². The van der Waals surface area contributed by atoms with Crippen molar-refractivity contribution in [2.24, 2.45) is 5.92 Å². The van der Waals surface area contributed by atoms with E-state index in [0.29, 0.717) is 5.82 Å². The number of pyridine rings is 1. The normalized spacial score (nSPS) is 15.7. The molecule has 2 aromatic rings. The second-order valence-corrected chi connectivity index (χ2v) is 6.31. The number of amides is 1. The van der Waals surface area contributed by atoms with Crippen LogP contribution in [-0.4, -0.2) is 15.9 Å². The zero-order valence-electron chi connectivity index (χ0n) is 11.6. The van der Waals surface area contributed by atoms with E-state index in [4.69, 9.17) is 0 Å². The van der Waals surface area contributed by atoms with Crippen LogP contribution in [-0.2, 0) is 10.2 Å². The molecule has 0 spiro atoms. The number of carbonyl (C=O) groups excluding carboxylic acids is 1. The monoisotopic (exact) mass is 257 g/mol. The molecular weight excluding hydrogens is 238 g/mol. The predicted molar refractivity (Wildman–Crippen MR) is 76.1 cm³/mol. The Morgan fingerprint density at radius 2 is 2.16 bits per heavy atom. The van der Waals surface area contributed by atoms with Gasteiger partial charge in [-0.2, -0.15) is 0 Å². The third-order valence-electron chi connectivity index (χ3n) is 3.53. The molecule has 0 aromatic carbocycles. The van der Waals surface area contributed by atoms with Gasteiger partial charge < -0.3 is 10.3 Å². The second kappa shape index (κ2) is 4.08. The number of rotatable bonds is 2. The molecule has 1 fully saturated rings. The van der Waals surface area contributed by atoms with E-state index in [2.05, 4.69) is 42.1 Å². The van der Waals surface area contributed by atoms with Crippen LogP contribution in [0, 0.1) is 5.92 Å². The highest BCUT2D eigenvalue weighted by Crippen LogP contribution is 2.34. The summed E-state index contributed by atoms with van der Waals surface area (Å²) in [5.74, 6) is 0.984. The molecule has 4 heteroatoms. The fraction of sp³-hybridized carbons (Fsp3) is 0.467. The van der Waals surface area contributed by atoms with E-state index in [9.17, 15) is 4.79 Å². The Kier molecular flexibility index (Phi) is 2.62. The lowest BCUT2D eigenvalue weighted by molar-refractivity contribution is -0.117. The molecule has 3 rings (SSSR count). The second-order valence-electron chi connectivity index (χ2n) is 6.31. The molecule has 2 heterocycles. The van der Waals surface area contributed by atoms with Crippen LogP contribution in [0.2, 0.25) is 0 Å². The molecule has 1 aliphatic carbocycles. The number of aromatic nitrogens is 2.